The van der Waals surface area contributed by atoms with Gasteiger partial charge in [0.25, 0.3) is 0 Å². The molecule has 0 spiro atoms. The van der Waals surface area contributed by atoms with E-state index >= 15 is 0 Å². The standard InChI is InChI=1S/C36H43N3O5/c1-21-22(2)33-28(18-36(4,5)44-33)23(3)29(21)19-38-32(37)17-11-10-16-31(34(40)41)39-35(42)43-20-30-26-14-8-6-12-24(26)25-13-7-9-15-27(25)30/h6-9,12-15,30-31H,10-11,16-20H2,1-5H3,(H2,37,38)(H,39,42)(H,40,41)/t31-/m0/s1. The molecule has 2 aliphatic rings. The summed E-state index contributed by atoms with van der Waals surface area (Å²) >= 11 is 0. The first-order chi connectivity index (χ1) is 21.0. The highest BCUT2D eigenvalue weighted by Crippen LogP contribution is 2.45. The topological polar surface area (TPSA) is 123 Å². The number of carbonyl (C=O) groups excluding carboxylic acids is 1. The maximum atomic E-state index is 12.6. The van der Waals surface area contributed by atoms with Crippen molar-refractivity contribution in [2.75, 3.05) is 6.61 Å². The molecule has 0 unspecified atom stereocenters. The van der Waals surface area contributed by atoms with Crippen molar-refractivity contribution in [3.8, 4) is 16.9 Å². The molecule has 8 nitrogen and oxygen atoms in total. The summed E-state index contributed by atoms with van der Waals surface area (Å²) in [5, 5.41) is 12.3. The van der Waals surface area contributed by atoms with E-state index in [-0.39, 0.29) is 24.5 Å². The number of aliphatic imine (C=N–C) groups is 1. The van der Waals surface area contributed by atoms with Crippen molar-refractivity contribution in [2.24, 2.45) is 10.7 Å². The molecule has 3 aromatic rings. The molecule has 0 aromatic heterocycles. The van der Waals surface area contributed by atoms with E-state index in [4.69, 9.17) is 15.2 Å². The summed E-state index contributed by atoms with van der Waals surface area (Å²) in [6, 6.07) is 15.1. The zero-order chi connectivity index (χ0) is 31.6. The smallest absolute Gasteiger partial charge is 0.407 e. The average molecular weight is 598 g/mol. The second-order valence-corrected chi connectivity index (χ2v) is 12.6. The molecular weight excluding hydrogens is 554 g/mol. The van der Waals surface area contributed by atoms with Gasteiger partial charge in [-0.05, 0) is 92.0 Å². The Morgan fingerprint density at radius 3 is 2.30 bits per heavy atom. The Morgan fingerprint density at radius 1 is 1.02 bits per heavy atom. The summed E-state index contributed by atoms with van der Waals surface area (Å²) in [6.07, 6.45) is 2.19. The summed E-state index contributed by atoms with van der Waals surface area (Å²) in [5.74, 6) is 0.359. The maximum absolute atomic E-state index is 12.6. The molecule has 0 bridgehead atoms. The third-order valence-corrected chi connectivity index (χ3v) is 9.07. The van der Waals surface area contributed by atoms with Gasteiger partial charge in [-0.15, -0.1) is 0 Å². The zero-order valence-electron chi connectivity index (χ0n) is 26.3. The molecule has 3 aromatic carbocycles. The van der Waals surface area contributed by atoms with Crippen LogP contribution in [0.1, 0.15) is 84.4 Å². The molecule has 5 rings (SSSR count). The van der Waals surface area contributed by atoms with Crippen LogP contribution in [0.25, 0.3) is 11.1 Å². The van der Waals surface area contributed by atoms with Gasteiger partial charge in [0.05, 0.1) is 12.4 Å². The summed E-state index contributed by atoms with van der Waals surface area (Å²) in [6.45, 7) is 11.2. The average Bonchev–Trinajstić information content (AvgIpc) is 3.50. The molecule has 0 saturated heterocycles. The van der Waals surface area contributed by atoms with E-state index in [1.54, 1.807) is 0 Å². The Labute approximate surface area is 259 Å². The number of amides is 1. The minimum absolute atomic E-state index is 0.0906. The number of hydrogen-bond donors (Lipinski definition) is 3. The van der Waals surface area contributed by atoms with E-state index in [0.717, 1.165) is 40.0 Å². The van der Waals surface area contributed by atoms with Crippen molar-refractivity contribution in [1.82, 2.24) is 5.32 Å². The van der Waals surface area contributed by atoms with Gasteiger partial charge in [-0.1, -0.05) is 55.0 Å². The second-order valence-electron chi connectivity index (χ2n) is 12.6. The van der Waals surface area contributed by atoms with E-state index in [2.05, 4.69) is 57.1 Å². The fraction of sp³-hybridized carbons (Fsp3) is 0.417. The third kappa shape index (κ3) is 6.44. The van der Waals surface area contributed by atoms with Crippen molar-refractivity contribution in [3.63, 3.8) is 0 Å². The Hall–Kier alpha value is -4.33. The molecule has 1 atom stereocenters. The van der Waals surface area contributed by atoms with Crippen LogP contribution in [0, 0.1) is 20.8 Å². The van der Waals surface area contributed by atoms with Crippen molar-refractivity contribution in [3.05, 3.63) is 87.5 Å². The summed E-state index contributed by atoms with van der Waals surface area (Å²) in [5.41, 5.74) is 16.5. The molecule has 8 heteroatoms. The molecule has 232 valence electrons. The van der Waals surface area contributed by atoms with Crippen LogP contribution < -0.4 is 15.8 Å². The van der Waals surface area contributed by atoms with E-state index in [1.165, 1.54) is 22.3 Å². The van der Waals surface area contributed by atoms with Gasteiger partial charge in [0.15, 0.2) is 0 Å². The van der Waals surface area contributed by atoms with Crippen molar-refractivity contribution in [2.45, 2.75) is 90.8 Å². The second kappa shape index (κ2) is 12.7. The lowest BCUT2D eigenvalue weighted by Crippen LogP contribution is -2.41. The monoisotopic (exact) mass is 597 g/mol. The number of amidine groups is 1. The van der Waals surface area contributed by atoms with Crippen LogP contribution >= 0.6 is 0 Å². The number of nitrogens with zero attached hydrogens (tertiary/aromatic N) is 1. The molecule has 1 heterocycles. The van der Waals surface area contributed by atoms with Crippen molar-refractivity contribution in [1.29, 1.82) is 0 Å². The molecule has 1 aliphatic heterocycles. The lowest BCUT2D eigenvalue weighted by atomic mass is 9.89. The first-order valence-corrected chi connectivity index (χ1v) is 15.4. The van der Waals surface area contributed by atoms with Crippen LogP contribution in [0.4, 0.5) is 4.79 Å². The Balaban J connectivity index is 1.10. The maximum Gasteiger partial charge on any atom is 0.407 e. The highest BCUT2D eigenvalue weighted by molar-refractivity contribution is 5.81. The molecule has 1 aliphatic carbocycles. The number of aliphatic carboxylic acids is 1. The molecule has 0 radical (unpaired) electrons. The van der Waals surface area contributed by atoms with Gasteiger partial charge in [0.2, 0.25) is 0 Å². The highest BCUT2D eigenvalue weighted by Gasteiger charge is 2.34. The van der Waals surface area contributed by atoms with Gasteiger partial charge >= 0.3 is 12.1 Å². The highest BCUT2D eigenvalue weighted by atomic mass is 16.5. The number of carboxylic acids is 1. The number of ether oxygens (including phenoxy) is 2. The Bertz CT molecular complexity index is 1560. The number of nitrogens with two attached hydrogens (primary N) is 1. The van der Waals surface area contributed by atoms with Crippen LogP contribution in [0.2, 0.25) is 0 Å². The molecule has 0 saturated carbocycles. The summed E-state index contributed by atoms with van der Waals surface area (Å²) < 4.78 is 11.8. The Morgan fingerprint density at radius 2 is 1.66 bits per heavy atom. The first kappa shape index (κ1) is 31.1. The van der Waals surface area contributed by atoms with Crippen LogP contribution in [0.15, 0.2) is 53.5 Å². The molecule has 44 heavy (non-hydrogen) atoms. The fourth-order valence-electron chi connectivity index (χ4n) is 6.54. The van der Waals surface area contributed by atoms with Crippen LogP contribution in [0.3, 0.4) is 0 Å². The lowest BCUT2D eigenvalue weighted by Gasteiger charge is -2.18. The van der Waals surface area contributed by atoms with Crippen LogP contribution in [0.5, 0.6) is 5.75 Å². The number of unbranched alkanes of at least 4 members (excludes halogenated alkanes) is 1. The van der Waals surface area contributed by atoms with Crippen LogP contribution in [-0.4, -0.2) is 41.3 Å². The number of alkyl carbamates (subject to hydrolysis) is 1. The van der Waals surface area contributed by atoms with Gasteiger partial charge in [0.1, 0.15) is 24.0 Å². The zero-order valence-corrected chi connectivity index (χ0v) is 26.3. The summed E-state index contributed by atoms with van der Waals surface area (Å²) in [4.78, 5) is 29.2. The third-order valence-electron chi connectivity index (χ3n) is 9.07. The SMILES string of the molecule is Cc1c(C)c2c(c(C)c1CN=C(N)CCCC[C@H](NC(=O)OCC1c3ccccc3-c3ccccc31)C(=O)O)CC(C)(C)O2. The fourth-order valence-corrected chi connectivity index (χ4v) is 6.54. The van der Waals surface area contributed by atoms with Gasteiger partial charge in [-0.25, -0.2) is 9.59 Å². The molecule has 0 fully saturated rings. The van der Waals surface area contributed by atoms with E-state index < -0.39 is 18.1 Å². The number of nitrogens with one attached hydrogen (secondary N) is 1. The largest absolute Gasteiger partial charge is 0.487 e. The predicted molar refractivity (Wildman–Crippen MR) is 172 cm³/mol. The summed E-state index contributed by atoms with van der Waals surface area (Å²) in [7, 11) is 0. The molecule has 4 N–H and O–H groups in total. The normalized spacial score (nSPS) is 15.6. The number of rotatable bonds is 11. The quantitative estimate of drug-likeness (QED) is 0.128. The lowest BCUT2D eigenvalue weighted by molar-refractivity contribution is -0.139. The number of fused-ring (bicyclic) bond motifs is 4. The van der Waals surface area contributed by atoms with Gasteiger partial charge < -0.3 is 25.6 Å². The van der Waals surface area contributed by atoms with Gasteiger partial charge in [-0.3, -0.25) is 4.99 Å². The van der Waals surface area contributed by atoms with Crippen molar-refractivity contribution >= 4 is 17.9 Å². The molecular formula is C36H43N3O5. The van der Waals surface area contributed by atoms with Crippen LogP contribution in [-0.2, 0) is 22.5 Å². The number of hydrogen-bond acceptors (Lipinski definition) is 5. The first-order valence-electron chi connectivity index (χ1n) is 15.4. The van der Waals surface area contributed by atoms with E-state index in [0.29, 0.717) is 31.6 Å². The molecule has 1 amide bonds. The van der Waals surface area contributed by atoms with Crippen molar-refractivity contribution < 1.29 is 24.2 Å². The number of benzene rings is 3. The minimum atomic E-state index is -1.09. The Kier molecular flexibility index (Phi) is 9.00. The minimum Gasteiger partial charge on any atom is -0.487 e. The number of carboxylic acid groups (broad SMARTS) is 1. The van der Waals surface area contributed by atoms with E-state index in [9.17, 15) is 14.7 Å². The van der Waals surface area contributed by atoms with E-state index in [1.807, 2.05) is 36.4 Å². The van der Waals surface area contributed by atoms with Gasteiger partial charge in [-0.2, -0.15) is 0 Å². The predicted octanol–water partition coefficient (Wildman–Crippen LogP) is 6.73. The van der Waals surface area contributed by atoms with Gasteiger partial charge in [0, 0.05) is 24.3 Å². The number of carbonyl (C=O) groups is 2.